The summed E-state index contributed by atoms with van der Waals surface area (Å²) in [6.07, 6.45) is 1.38. The number of sulfonamides is 1. The fraction of sp³-hybridized carbons (Fsp3) is 0.0500. The molecule has 2 aromatic heterocycles. The van der Waals surface area contributed by atoms with Crippen LogP contribution in [-0.4, -0.2) is 31.1 Å². The summed E-state index contributed by atoms with van der Waals surface area (Å²) in [7, 11) is -2.76. The molecule has 2 N–H and O–H groups in total. The van der Waals surface area contributed by atoms with E-state index in [9.17, 15) is 18.0 Å². The summed E-state index contributed by atoms with van der Waals surface area (Å²) in [5, 5.41) is 7.13. The molecule has 0 atom stereocenters. The summed E-state index contributed by atoms with van der Waals surface area (Å²) in [5.74, 6) is 0. The lowest BCUT2D eigenvalue weighted by Crippen LogP contribution is -2.33. The molecule has 0 saturated heterocycles. The Balaban J connectivity index is 1.50. The molecule has 4 rings (SSSR count). The van der Waals surface area contributed by atoms with Gasteiger partial charge in [-0.05, 0) is 54.6 Å². The van der Waals surface area contributed by atoms with E-state index >= 15 is 0 Å². The van der Waals surface area contributed by atoms with E-state index in [2.05, 4.69) is 20.2 Å². The number of fused-ring (bicyclic) bond motifs is 1. The molecule has 2 heterocycles. The number of hydrogen-bond donors (Lipinski definition) is 2. The van der Waals surface area contributed by atoms with Gasteiger partial charge in [-0.25, -0.2) is 27.8 Å². The second-order valence-corrected chi connectivity index (χ2v) is 11.0. The molecule has 15 heteroatoms. The summed E-state index contributed by atoms with van der Waals surface area (Å²) < 4.78 is 32.7. The van der Waals surface area contributed by atoms with Crippen LogP contribution in [0.2, 0.25) is 4.34 Å². The molecule has 0 saturated carbocycles. The molecule has 35 heavy (non-hydrogen) atoms. The Morgan fingerprint density at radius 1 is 1.14 bits per heavy atom. The zero-order valence-corrected chi connectivity index (χ0v) is 20.8. The monoisotopic (exact) mass is 554 g/mol. The summed E-state index contributed by atoms with van der Waals surface area (Å²) in [5.41, 5.74) is 0.949. The van der Waals surface area contributed by atoms with Crippen LogP contribution in [0.1, 0.15) is 0 Å². The first kappa shape index (κ1) is 25.1. The molecular weight excluding hydrogens is 540 g/mol. The Morgan fingerprint density at radius 2 is 1.91 bits per heavy atom. The van der Waals surface area contributed by atoms with Gasteiger partial charge in [0.25, 0.3) is 15.6 Å². The van der Waals surface area contributed by atoms with Gasteiger partial charge in [0.2, 0.25) is 0 Å². The zero-order chi connectivity index (χ0) is 25.0. The fourth-order valence-corrected chi connectivity index (χ4v) is 5.74. The highest BCUT2D eigenvalue weighted by Gasteiger charge is 2.20. The van der Waals surface area contributed by atoms with Gasteiger partial charge in [0, 0.05) is 10.6 Å². The van der Waals surface area contributed by atoms with Gasteiger partial charge < -0.3 is 5.32 Å². The third kappa shape index (κ3) is 5.99. The number of nitrogens with zero attached hydrogens (tertiary/aromatic N) is 2. The number of carbonyl (C=O) groups is 1. The standard InChI is InChI=1S/C20H15ClN4O7S3/c1-30-31-32-34-14-6-7-16-15(10-14)19(26)25(11-22-16)13-4-2-12(3-5-13)23-20(27)24-35(28,29)18-9-8-17(21)33-18/h2-11H,1H3,(H2,23,24,27). The number of rotatable bonds is 8. The second-order valence-electron chi connectivity index (χ2n) is 6.65. The molecule has 4 aromatic rings. The molecule has 2 amide bonds. The number of amides is 2. The van der Waals surface area contributed by atoms with Crippen LogP contribution in [0.25, 0.3) is 16.6 Å². The van der Waals surface area contributed by atoms with E-state index in [-0.39, 0.29) is 14.1 Å². The number of aromatic nitrogens is 2. The minimum Gasteiger partial charge on any atom is -0.307 e. The average Bonchev–Trinajstić information content (AvgIpc) is 3.27. The molecule has 0 bridgehead atoms. The minimum absolute atomic E-state index is 0.0875. The molecule has 0 aliphatic rings. The van der Waals surface area contributed by atoms with Gasteiger partial charge in [0.05, 0.1) is 40.1 Å². The molecule has 0 spiro atoms. The van der Waals surface area contributed by atoms with Gasteiger partial charge in [-0.2, -0.15) is 0 Å². The highest BCUT2D eigenvalue weighted by atomic mass is 35.5. The smallest absolute Gasteiger partial charge is 0.307 e. The van der Waals surface area contributed by atoms with E-state index in [0.29, 0.717) is 27.2 Å². The van der Waals surface area contributed by atoms with Crippen molar-refractivity contribution in [2.45, 2.75) is 9.10 Å². The van der Waals surface area contributed by atoms with E-state index < -0.39 is 16.1 Å². The highest BCUT2D eigenvalue weighted by molar-refractivity contribution is 7.94. The number of thiophene rings is 1. The maximum atomic E-state index is 13.0. The Morgan fingerprint density at radius 3 is 2.60 bits per heavy atom. The van der Waals surface area contributed by atoms with Crippen molar-refractivity contribution in [3.05, 3.63) is 75.6 Å². The van der Waals surface area contributed by atoms with Crippen LogP contribution < -0.4 is 15.6 Å². The summed E-state index contributed by atoms with van der Waals surface area (Å²) in [4.78, 5) is 34.4. The van der Waals surface area contributed by atoms with Crippen molar-refractivity contribution in [2.24, 2.45) is 0 Å². The SMILES string of the molecule is COOOSc1ccc2ncn(-c3ccc(NC(=O)NS(=O)(=O)c4ccc(Cl)s4)cc3)c(=O)c2c1. The van der Waals surface area contributed by atoms with Crippen molar-refractivity contribution >= 4 is 67.6 Å². The topological polar surface area (TPSA) is 138 Å². The first-order chi connectivity index (χ1) is 16.8. The summed E-state index contributed by atoms with van der Waals surface area (Å²) in [6, 6.07) is 12.9. The van der Waals surface area contributed by atoms with Crippen molar-refractivity contribution < 1.29 is 27.5 Å². The first-order valence-corrected chi connectivity index (χ1v) is 12.9. The quantitative estimate of drug-likeness (QED) is 0.142. The van der Waals surface area contributed by atoms with Crippen LogP contribution in [0.3, 0.4) is 0 Å². The predicted octanol–water partition coefficient (Wildman–Crippen LogP) is 4.13. The maximum Gasteiger partial charge on any atom is 0.333 e. The third-order valence-corrected chi connectivity index (χ3v) is 8.02. The first-order valence-electron chi connectivity index (χ1n) is 9.52. The Kier molecular flexibility index (Phi) is 7.71. The van der Waals surface area contributed by atoms with E-state index in [1.165, 1.54) is 42.3 Å². The van der Waals surface area contributed by atoms with Crippen LogP contribution in [0.4, 0.5) is 10.5 Å². The molecule has 0 aliphatic heterocycles. The van der Waals surface area contributed by atoms with E-state index in [4.69, 9.17) is 15.9 Å². The Labute approximate surface area is 211 Å². The molecule has 2 aromatic carbocycles. The maximum absolute atomic E-state index is 13.0. The van der Waals surface area contributed by atoms with E-state index in [0.717, 1.165) is 23.4 Å². The second kappa shape index (κ2) is 10.7. The molecule has 182 valence electrons. The van der Waals surface area contributed by atoms with Crippen molar-refractivity contribution in [3.8, 4) is 5.69 Å². The van der Waals surface area contributed by atoms with Crippen LogP contribution in [0.15, 0.2) is 74.8 Å². The molecule has 0 aliphatic carbocycles. The fourth-order valence-electron chi connectivity index (χ4n) is 2.89. The highest BCUT2D eigenvalue weighted by Crippen LogP contribution is 2.25. The Hall–Kier alpha value is -2.98. The van der Waals surface area contributed by atoms with Gasteiger partial charge in [-0.15, -0.1) is 15.7 Å². The van der Waals surface area contributed by atoms with Gasteiger partial charge in [0.1, 0.15) is 10.5 Å². The molecule has 0 unspecified atom stereocenters. The minimum atomic E-state index is -4.05. The van der Waals surface area contributed by atoms with Crippen molar-refractivity contribution in [2.75, 3.05) is 12.4 Å². The van der Waals surface area contributed by atoms with Gasteiger partial charge in [-0.1, -0.05) is 16.6 Å². The number of halogens is 1. The van der Waals surface area contributed by atoms with Crippen molar-refractivity contribution in [1.82, 2.24) is 14.3 Å². The number of hydrogen-bond acceptors (Lipinski definition) is 10. The third-order valence-electron chi connectivity index (χ3n) is 4.40. The predicted molar refractivity (Wildman–Crippen MR) is 131 cm³/mol. The number of carbonyl (C=O) groups excluding carboxylic acids is 1. The Bertz CT molecular complexity index is 1540. The van der Waals surface area contributed by atoms with Crippen LogP contribution in [0.5, 0.6) is 0 Å². The average molecular weight is 555 g/mol. The van der Waals surface area contributed by atoms with Gasteiger partial charge in [-0.3, -0.25) is 9.36 Å². The van der Waals surface area contributed by atoms with Gasteiger partial charge >= 0.3 is 6.03 Å². The van der Waals surface area contributed by atoms with Crippen LogP contribution in [-0.2, 0) is 24.3 Å². The molecule has 0 fully saturated rings. The number of nitrogens with one attached hydrogen (secondary N) is 2. The zero-order valence-electron chi connectivity index (χ0n) is 17.6. The largest absolute Gasteiger partial charge is 0.333 e. The number of anilines is 1. The lowest BCUT2D eigenvalue weighted by molar-refractivity contribution is -0.447. The van der Waals surface area contributed by atoms with Gasteiger partial charge in [0.15, 0.2) is 0 Å². The van der Waals surface area contributed by atoms with Crippen LogP contribution >= 0.6 is 35.0 Å². The summed E-state index contributed by atoms with van der Waals surface area (Å²) >= 11 is 7.45. The van der Waals surface area contributed by atoms with E-state index in [1.807, 2.05) is 4.72 Å². The normalized spacial score (nSPS) is 11.5. The molecule has 0 radical (unpaired) electrons. The summed E-state index contributed by atoms with van der Waals surface area (Å²) in [6.45, 7) is 0. The number of benzene rings is 2. The van der Waals surface area contributed by atoms with E-state index in [1.54, 1.807) is 30.3 Å². The van der Waals surface area contributed by atoms with Crippen molar-refractivity contribution in [3.63, 3.8) is 0 Å². The lowest BCUT2D eigenvalue weighted by atomic mass is 10.2. The molecular formula is C20H15ClN4O7S3. The van der Waals surface area contributed by atoms with Crippen molar-refractivity contribution in [1.29, 1.82) is 0 Å². The van der Waals surface area contributed by atoms with Crippen LogP contribution in [0, 0.1) is 0 Å². The lowest BCUT2D eigenvalue weighted by Gasteiger charge is -2.10. The molecule has 11 nitrogen and oxygen atoms in total. The number of urea groups is 1.